The molecule has 1 fully saturated rings. The summed E-state index contributed by atoms with van der Waals surface area (Å²) in [5, 5.41) is 14.1. The summed E-state index contributed by atoms with van der Waals surface area (Å²) >= 11 is 0. The molecule has 0 radical (unpaired) electrons. The number of hydrogen-bond donors (Lipinski definition) is 1. The number of furan rings is 1. The van der Waals surface area contributed by atoms with E-state index in [0.29, 0.717) is 67.0 Å². The van der Waals surface area contributed by atoms with Crippen molar-refractivity contribution in [3.8, 4) is 5.75 Å². The van der Waals surface area contributed by atoms with Gasteiger partial charge in [0.1, 0.15) is 22.7 Å². The number of benzene rings is 3. The zero-order chi connectivity index (χ0) is 31.6. The summed E-state index contributed by atoms with van der Waals surface area (Å²) in [5.74, 6) is 0.622. The SMILES string of the molecule is O=C(COc1ccc(Nc2ccc([N+](=O)[O-])c(C(F)(F)F)c2)cc1)N1CCN(Cc2cc3cc(C(F)(F)F)ccc3o2)CC1. The summed E-state index contributed by atoms with van der Waals surface area (Å²) in [6, 6.07) is 13.6. The molecule has 5 rings (SSSR count). The Balaban J connectivity index is 1.09. The van der Waals surface area contributed by atoms with Gasteiger partial charge < -0.3 is 19.4 Å². The molecule has 232 valence electrons. The van der Waals surface area contributed by atoms with Crippen LogP contribution in [0.1, 0.15) is 16.9 Å². The second kappa shape index (κ2) is 12.1. The van der Waals surface area contributed by atoms with Gasteiger partial charge in [-0.15, -0.1) is 0 Å². The van der Waals surface area contributed by atoms with Crippen molar-refractivity contribution in [3.63, 3.8) is 0 Å². The fourth-order valence-electron chi connectivity index (χ4n) is 4.77. The van der Waals surface area contributed by atoms with Crippen LogP contribution < -0.4 is 10.1 Å². The van der Waals surface area contributed by atoms with Crippen molar-refractivity contribution in [2.75, 3.05) is 38.1 Å². The van der Waals surface area contributed by atoms with Crippen LogP contribution in [0.2, 0.25) is 0 Å². The van der Waals surface area contributed by atoms with E-state index in [1.54, 1.807) is 11.0 Å². The molecule has 0 saturated carbocycles. The molecule has 0 spiro atoms. The first kappa shape index (κ1) is 30.7. The van der Waals surface area contributed by atoms with Gasteiger partial charge in [-0.1, -0.05) is 0 Å². The van der Waals surface area contributed by atoms with Crippen LogP contribution in [0.25, 0.3) is 11.0 Å². The second-order valence-corrected chi connectivity index (χ2v) is 10.0. The smallest absolute Gasteiger partial charge is 0.423 e. The number of nitrogens with one attached hydrogen (secondary N) is 1. The number of anilines is 2. The lowest BCUT2D eigenvalue weighted by molar-refractivity contribution is -0.388. The van der Waals surface area contributed by atoms with E-state index >= 15 is 0 Å². The summed E-state index contributed by atoms with van der Waals surface area (Å²) in [6.45, 7) is 2.02. The highest BCUT2D eigenvalue weighted by Crippen LogP contribution is 2.38. The molecule has 1 saturated heterocycles. The van der Waals surface area contributed by atoms with Gasteiger partial charge in [-0.2, -0.15) is 26.3 Å². The average Bonchev–Trinajstić information content (AvgIpc) is 3.37. The summed E-state index contributed by atoms with van der Waals surface area (Å²) < 4.78 is 89.9. The number of piperazine rings is 1. The number of carbonyl (C=O) groups is 1. The lowest BCUT2D eigenvalue weighted by Gasteiger charge is -2.34. The maximum absolute atomic E-state index is 13.2. The number of halogens is 6. The van der Waals surface area contributed by atoms with Crippen molar-refractivity contribution < 1.29 is 45.2 Å². The topological polar surface area (TPSA) is 101 Å². The number of alkyl halides is 6. The number of carbonyl (C=O) groups excluding carboxylic acids is 1. The highest BCUT2D eigenvalue weighted by Gasteiger charge is 2.38. The largest absolute Gasteiger partial charge is 0.484 e. The summed E-state index contributed by atoms with van der Waals surface area (Å²) in [7, 11) is 0. The molecule has 0 bridgehead atoms. The molecule has 2 heterocycles. The first-order chi connectivity index (χ1) is 20.8. The first-order valence-corrected chi connectivity index (χ1v) is 13.2. The lowest BCUT2D eigenvalue weighted by atomic mass is 10.1. The van der Waals surface area contributed by atoms with Crippen molar-refractivity contribution in [1.82, 2.24) is 9.80 Å². The number of nitro groups is 1. The Bertz CT molecular complexity index is 1660. The van der Waals surface area contributed by atoms with Gasteiger partial charge in [-0.25, -0.2) is 0 Å². The van der Waals surface area contributed by atoms with E-state index in [4.69, 9.17) is 9.15 Å². The summed E-state index contributed by atoms with van der Waals surface area (Å²) in [6.07, 6.45) is -9.35. The van der Waals surface area contributed by atoms with Gasteiger partial charge in [0.15, 0.2) is 6.61 Å². The standard InChI is InChI=1S/C29H24F6N4O5/c30-28(31,32)19-1-8-26-18(13-19)14-23(44-26)16-37-9-11-38(12-10-37)27(40)17-43-22-5-2-20(3-6-22)36-21-4-7-25(39(41)42)24(15-21)29(33,34)35/h1-8,13-15,36H,9-12,16-17H2. The van der Waals surface area contributed by atoms with Gasteiger partial charge in [-0.05, 0) is 60.7 Å². The van der Waals surface area contributed by atoms with Gasteiger partial charge in [0.25, 0.3) is 11.6 Å². The minimum Gasteiger partial charge on any atom is -0.484 e. The van der Waals surface area contributed by atoms with E-state index in [-0.39, 0.29) is 18.2 Å². The number of rotatable bonds is 8. The molecule has 1 aliphatic heterocycles. The molecule has 0 aliphatic carbocycles. The Hall–Kier alpha value is -4.79. The van der Waals surface area contributed by atoms with Crippen molar-refractivity contribution in [1.29, 1.82) is 0 Å². The Kier molecular flexibility index (Phi) is 8.41. The molecular formula is C29H24F6N4O5. The molecule has 1 aliphatic rings. The molecule has 1 aromatic heterocycles. The van der Waals surface area contributed by atoms with Crippen LogP contribution in [0.15, 0.2) is 71.1 Å². The Morgan fingerprint density at radius 1 is 0.886 bits per heavy atom. The average molecular weight is 623 g/mol. The molecule has 4 aromatic rings. The van der Waals surface area contributed by atoms with Crippen molar-refractivity contribution in [2.45, 2.75) is 18.9 Å². The highest BCUT2D eigenvalue weighted by molar-refractivity contribution is 5.79. The minimum absolute atomic E-state index is 0.00169. The molecule has 1 N–H and O–H groups in total. The number of ether oxygens (including phenoxy) is 1. The van der Waals surface area contributed by atoms with Crippen LogP contribution in [0, 0.1) is 10.1 Å². The molecule has 0 unspecified atom stereocenters. The third-order valence-electron chi connectivity index (χ3n) is 7.00. The second-order valence-electron chi connectivity index (χ2n) is 10.0. The molecule has 9 nitrogen and oxygen atoms in total. The van der Waals surface area contributed by atoms with Crippen molar-refractivity contribution in [2.24, 2.45) is 0 Å². The van der Waals surface area contributed by atoms with E-state index in [2.05, 4.69) is 5.32 Å². The quantitative estimate of drug-likeness (QED) is 0.130. The molecule has 44 heavy (non-hydrogen) atoms. The van der Waals surface area contributed by atoms with E-state index in [1.807, 2.05) is 4.90 Å². The molecule has 15 heteroatoms. The monoisotopic (exact) mass is 622 g/mol. The fraction of sp³-hybridized carbons (Fsp3) is 0.276. The van der Waals surface area contributed by atoms with E-state index in [1.165, 1.54) is 36.4 Å². The first-order valence-electron chi connectivity index (χ1n) is 13.2. The number of amides is 1. The van der Waals surface area contributed by atoms with Crippen LogP contribution in [0.3, 0.4) is 0 Å². The Labute approximate surface area is 245 Å². The highest BCUT2D eigenvalue weighted by atomic mass is 19.4. The van der Waals surface area contributed by atoms with Crippen LogP contribution in [0.5, 0.6) is 5.75 Å². The van der Waals surface area contributed by atoms with Gasteiger partial charge in [0.05, 0.1) is 17.0 Å². The fourth-order valence-corrected chi connectivity index (χ4v) is 4.77. The zero-order valence-corrected chi connectivity index (χ0v) is 22.7. The third kappa shape index (κ3) is 7.22. The zero-order valence-electron chi connectivity index (χ0n) is 22.7. The minimum atomic E-state index is -4.90. The van der Waals surface area contributed by atoms with Crippen LogP contribution in [-0.2, 0) is 23.7 Å². The maximum atomic E-state index is 13.2. The Morgan fingerprint density at radius 2 is 1.57 bits per heavy atom. The normalized spacial score (nSPS) is 14.5. The van der Waals surface area contributed by atoms with E-state index < -0.39 is 34.1 Å². The van der Waals surface area contributed by atoms with E-state index in [0.717, 1.165) is 18.2 Å². The van der Waals surface area contributed by atoms with Gasteiger partial charge >= 0.3 is 12.4 Å². The summed E-state index contributed by atoms with van der Waals surface area (Å²) in [4.78, 5) is 26.2. The summed E-state index contributed by atoms with van der Waals surface area (Å²) in [5.41, 5.74) is -2.40. The number of fused-ring (bicyclic) bond motifs is 1. The predicted molar refractivity (Wildman–Crippen MR) is 146 cm³/mol. The molecule has 1 amide bonds. The van der Waals surface area contributed by atoms with E-state index in [9.17, 15) is 41.3 Å². The molecule has 0 atom stereocenters. The third-order valence-corrected chi connectivity index (χ3v) is 7.00. The maximum Gasteiger partial charge on any atom is 0.423 e. The Morgan fingerprint density at radius 3 is 2.20 bits per heavy atom. The number of hydrogen-bond acceptors (Lipinski definition) is 7. The van der Waals surface area contributed by atoms with Gasteiger partial charge in [-0.3, -0.25) is 19.8 Å². The predicted octanol–water partition coefficient (Wildman–Crippen LogP) is 6.85. The van der Waals surface area contributed by atoms with Crippen LogP contribution in [-0.4, -0.2) is 53.4 Å². The molecule has 3 aromatic carbocycles. The van der Waals surface area contributed by atoms with Crippen molar-refractivity contribution in [3.05, 3.63) is 93.7 Å². The van der Waals surface area contributed by atoms with Gasteiger partial charge in [0, 0.05) is 49.0 Å². The van der Waals surface area contributed by atoms with Crippen LogP contribution >= 0.6 is 0 Å². The van der Waals surface area contributed by atoms with Gasteiger partial charge in [0.2, 0.25) is 0 Å². The van der Waals surface area contributed by atoms with Crippen molar-refractivity contribution >= 4 is 33.9 Å². The number of nitrogens with zero attached hydrogens (tertiary/aromatic N) is 3. The molecular weight excluding hydrogens is 598 g/mol. The number of nitro benzene ring substituents is 1. The van der Waals surface area contributed by atoms with Crippen LogP contribution in [0.4, 0.5) is 43.4 Å². The lowest BCUT2D eigenvalue weighted by Crippen LogP contribution is -2.49.